The van der Waals surface area contributed by atoms with Crippen molar-refractivity contribution in [1.29, 1.82) is 0 Å². The van der Waals surface area contributed by atoms with E-state index in [-0.39, 0.29) is 24.1 Å². The number of hydrogen-bond donors (Lipinski definition) is 2. The molecule has 0 aliphatic carbocycles. The Labute approximate surface area is 97.9 Å². The van der Waals surface area contributed by atoms with Gasteiger partial charge in [-0.3, -0.25) is 4.79 Å². The molecule has 0 bridgehead atoms. The third-order valence-electron chi connectivity index (χ3n) is 2.96. The monoisotopic (exact) mass is 228 g/mol. The SMILES string of the molecule is CCCC(N)CC(=O)NC1CCOC(C)C1. The van der Waals surface area contributed by atoms with Gasteiger partial charge in [0.25, 0.3) is 0 Å². The number of carbonyl (C=O) groups excluding carboxylic acids is 1. The fourth-order valence-corrected chi connectivity index (χ4v) is 2.13. The maximum Gasteiger partial charge on any atom is 0.221 e. The van der Waals surface area contributed by atoms with Crippen LogP contribution in [0.4, 0.5) is 0 Å². The highest BCUT2D eigenvalue weighted by molar-refractivity contribution is 5.76. The minimum atomic E-state index is 0.00210. The van der Waals surface area contributed by atoms with Crippen molar-refractivity contribution in [3.05, 3.63) is 0 Å². The molecule has 0 aromatic carbocycles. The first-order valence-electron chi connectivity index (χ1n) is 6.28. The van der Waals surface area contributed by atoms with Crippen molar-refractivity contribution in [3.63, 3.8) is 0 Å². The first-order valence-corrected chi connectivity index (χ1v) is 6.28. The number of ether oxygens (including phenoxy) is 1. The summed E-state index contributed by atoms with van der Waals surface area (Å²) in [7, 11) is 0. The Balaban J connectivity index is 2.22. The predicted octanol–water partition coefficient (Wildman–Crippen LogP) is 1.19. The minimum Gasteiger partial charge on any atom is -0.378 e. The third-order valence-corrected chi connectivity index (χ3v) is 2.96. The van der Waals surface area contributed by atoms with Crippen LogP contribution in [0.1, 0.15) is 46.0 Å². The summed E-state index contributed by atoms with van der Waals surface area (Å²) in [6.07, 6.45) is 4.47. The van der Waals surface area contributed by atoms with Gasteiger partial charge in [0.05, 0.1) is 6.10 Å². The van der Waals surface area contributed by atoms with Gasteiger partial charge in [-0.1, -0.05) is 13.3 Å². The number of carbonyl (C=O) groups is 1. The van der Waals surface area contributed by atoms with Crippen molar-refractivity contribution in [2.45, 2.75) is 64.1 Å². The second kappa shape index (κ2) is 6.86. The zero-order valence-corrected chi connectivity index (χ0v) is 10.4. The van der Waals surface area contributed by atoms with Crippen molar-refractivity contribution in [3.8, 4) is 0 Å². The van der Waals surface area contributed by atoms with E-state index in [1.807, 2.05) is 6.92 Å². The molecule has 1 aliphatic rings. The van der Waals surface area contributed by atoms with Crippen LogP contribution in [0, 0.1) is 0 Å². The molecule has 94 valence electrons. The number of hydrogen-bond acceptors (Lipinski definition) is 3. The topological polar surface area (TPSA) is 64.4 Å². The lowest BCUT2D eigenvalue weighted by atomic mass is 10.0. The van der Waals surface area contributed by atoms with Gasteiger partial charge in [0.1, 0.15) is 0 Å². The molecule has 4 nitrogen and oxygen atoms in total. The van der Waals surface area contributed by atoms with Crippen LogP contribution < -0.4 is 11.1 Å². The molecule has 3 atom stereocenters. The molecule has 3 unspecified atom stereocenters. The largest absolute Gasteiger partial charge is 0.378 e. The first-order chi connectivity index (χ1) is 7.61. The summed E-state index contributed by atoms with van der Waals surface area (Å²) in [6, 6.07) is 0.271. The Morgan fingerprint density at radius 2 is 2.38 bits per heavy atom. The number of nitrogens with two attached hydrogens (primary N) is 1. The highest BCUT2D eigenvalue weighted by Gasteiger charge is 2.21. The second-order valence-corrected chi connectivity index (χ2v) is 4.72. The number of nitrogens with one attached hydrogen (secondary N) is 1. The summed E-state index contributed by atoms with van der Waals surface area (Å²) in [5, 5.41) is 3.04. The molecule has 0 saturated carbocycles. The van der Waals surface area contributed by atoms with Crippen LogP contribution >= 0.6 is 0 Å². The lowest BCUT2D eigenvalue weighted by Gasteiger charge is -2.28. The van der Waals surface area contributed by atoms with E-state index < -0.39 is 0 Å². The standard InChI is InChI=1S/C12H24N2O2/c1-3-4-10(13)8-12(15)14-11-5-6-16-9(2)7-11/h9-11H,3-8,13H2,1-2H3,(H,14,15). The number of rotatable bonds is 5. The zero-order valence-electron chi connectivity index (χ0n) is 10.4. The number of amides is 1. The maximum atomic E-state index is 11.7. The normalized spacial score (nSPS) is 27.4. The highest BCUT2D eigenvalue weighted by atomic mass is 16.5. The van der Waals surface area contributed by atoms with Crippen LogP contribution in [0.5, 0.6) is 0 Å². The maximum absolute atomic E-state index is 11.7. The van der Waals surface area contributed by atoms with Crippen molar-refractivity contribution >= 4 is 5.91 Å². The van der Waals surface area contributed by atoms with Crippen LogP contribution in [0.2, 0.25) is 0 Å². The fourth-order valence-electron chi connectivity index (χ4n) is 2.13. The molecule has 1 saturated heterocycles. The van der Waals surface area contributed by atoms with E-state index in [0.29, 0.717) is 6.42 Å². The van der Waals surface area contributed by atoms with Crippen LogP contribution in [-0.4, -0.2) is 30.7 Å². The van der Waals surface area contributed by atoms with Crippen molar-refractivity contribution < 1.29 is 9.53 Å². The molecule has 0 aromatic heterocycles. The van der Waals surface area contributed by atoms with Gasteiger partial charge in [-0.15, -0.1) is 0 Å². The molecule has 3 N–H and O–H groups in total. The van der Waals surface area contributed by atoms with Crippen LogP contribution in [0.25, 0.3) is 0 Å². The van der Waals surface area contributed by atoms with Crippen LogP contribution in [0.3, 0.4) is 0 Å². The van der Waals surface area contributed by atoms with Crippen LogP contribution in [0.15, 0.2) is 0 Å². The van der Waals surface area contributed by atoms with Gasteiger partial charge >= 0.3 is 0 Å². The van der Waals surface area contributed by atoms with E-state index in [1.54, 1.807) is 0 Å². The van der Waals surface area contributed by atoms with Gasteiger partial charge in [0.15, 0.2) is 0 Å². The average Bonchev–Trinajstić information content (AvgIpc) is 2.17. The molecule has 1 rings (SSSR count). The zero-order chi connectivity index (χ0) is 12.0. The van der Waals surface area contributed by atoms with Crippen molar-refractivity contribution in [1.82, 2.24) is 5.32 Å². The van der Waals surface area contributed by atoms with E-state index in [2.05, 4.69) is 12.2 Å². The summed E-state index contributed by atoms with van der Waals surface area (Å²) < 4.78 is 5.43. The smallest absolute Gasteiger partial charge is 0.221 e. The summed E-state index contributed by atoms with van der Waals surface area (Å²) in [6.45, 7) is 4.87. The van der Waals surface area contributed by atoms with E-state index in [9.17, 15) is 4.79 Å². The molecule has 0 radical (unpaired) electrons. The van der Waals surface area contributed by atoms with E-state index in [1.165, 1.54) is 0 Å². The van der Waals surface area contributed by atoms with Gasteiger partial charge in [0, 0.05) is 25.1 Å². The Hall–Kier alpha value is -0.610. The van der Waals surface area contributed by atoms with Gasteiger partial charge in [-0.2, -0.15) is 0 Å². The fraction of sp³-hybridized carbons (Fsp3) is 0.917. The van der Waals surface area contributed by atoms with E-state index in [4.69, 9.17) is 10.5 Å². The molecule has 1 aliphatic heterocycles. The first kappa shape index (κ1) is 13.5. The third kappa shape index (κ3) is 4.94. The predicted molar refractivity (Wildman–Crippen MR) is 64.1 cm³/mol. The summed E-state index contributed by atoms with van der Waals surface area (Å²) in [5.41, 5.74) is 5.83. The summed E-state index contributed by atoms with van der Waals surface area (Å²) >= 11 is 0. The highest BCUT2D eigenvalue weighted by Crippen LogP contribution is 2.13. The molecule has 1 amide bonds. The summed E-state index contributed by atoms with van der Waals surface area (Å²) in [5.74, 6) is 0.0834. The summed E-state index contributed by atoms with van der Waals surface area (Å²) in [4.78, 5) is 11.7. The Morgan fingerprint density at radius 3 is 3.00 bits per heavy atom. The quantitative estimate of drug-likeness (QED) is 0.743. The molecular formula is C12H24N2O2. The van der Waals surface area contributed by atoms with Gasteiger partial charge in [-0.25, -0.2) is 0 Å². The Bertz CT molecular complexity index is 221. The lowest BCUT2D eigenvalue weighted by Crippen LogP contribution is -2.43. The van der Waals surface area contributed by atoms with Gasteiger partial charge < -0.3 is 15.8 Å². The molecule has 1 heterocycles. The van der Waals surface area contributed by atoms with E-state index in [0.717, 1.165) is 32.3 Å². The molecule has 1 fully saturated rings. The second-order valence-electron chi connectivity index (χ2n) is 4.72. The molecule has 4 heteroatoms. The van der Waals surface area contributed by atoms with Gasteiger partial charge in [0.2, 0.25) is 5.91 Å². The molecule has 0 aromatic rings. The molecule has 16 heavy (non-hydrogen) atoms. The Morgan fingerprint density at radius 1 is 1.62 bits per heavy atom. The van der Waals surface area contributed by atoms with Crippen LogP contribution in [-0.2, 0) is 9.53 Å². The van der Waals surface area contributed by atoms with Gasteiger partial charge in [-0.05, 0) is 26.2 Å². The van der Waals surface area contributed by atoms with Crippen molar-refractivity contribution in [2.24, 2.45) is 5.73 Å². The minimum absolute atomic E-state index is 0.00210. The Kier molecular flexibility index (Phi) is 5.77. The van der Waals surface area contributed by atoms with Crippen molar-refractivity contribution in [2.75, 3.05) is 6.61 Å². The molecule has 0 spiro atoms. The van der Waals surface area contributed by atoms with E-state index >= 15 is 0 Å². The average molecular weight is 228 g/mol. The molecular weight excluding hydrogens is 204 g/mol. The lowest BCUT2D eigenvalue weighted by molar-refractivity contribution is -0.123.